The van der Waals surface area contributed by atoms with Crippen LogP contribution in [0.15, 0.2) is 60.7 Å². The van der Waals surface area contributed by atoms with Crippen molar-refractivity contribution < 1.29 is 28.7 Å². The summed E-state index contributed by atoms with van der Waals surface area (Å²) in [5.74, 6) is -0.867. The quantitative estimate of drug-likeness (QED) is 0.268. The van der Waals surface area contributed by atoms with E-state index in [1.54, 1.807) is 30.3 Å². The molecule has 4 saturated heterocycles. The highest BCUT2D eigenvalue weighted by molar-refractivity contribution is 6.31. The summed E-state index contributed by atoms with van der Waals surface area (Å²) in [5, 5.41) is 15.1. The second kappa shape index (κ2) is 14.9. The fourth-order valence-electron chi connectivity index (χ4n) is 11.3. The second-order valence-electron chi connectivity index (χ2n) is 18.6. The summed E-state index contributed by atoms with van der Waals surface area (Å²) in [7, 11) is 0. The summed E-state index contributed by atoms with van der Waals surface area (Å²) in [6.45, 7) is 13.2. The fourth-order valence-corrected chi connectivity index (χ4v) is 11.5. The number of nitrogens with zero attached hydrogens (tertiary/aromatic N) is 5. The Morgan fingerprint density at radius 3 is 2.23 bits per heavy atom. The zero-order chi connectivity index (χ0) is 42.2. The SMILES string of the molecule is CC1(C)C(NC(=O)c2ccc(N3CCC(CN4C[C@@H]5C[C@H]4CN5c4ccc5c(c4)C(=O)N(C4CCC(=O)NC4=O)C5=O)CC3)cc2)C(C)(C)C1Oc1ccc(C#N)c(Cl)c1. The second-order valence-corrected chi connectivity index (χ2v) is 19.0. The van der Waals surface area contributed by atoms with Crippen LogP contribution in [0, 0.1) is 28.1 Å². The van der Waals surface area contributed by atoms with Gasteiger partial charge in [-0.1, -0.05) is 39.3 Å². The van der Waals surface area contributed by atoms with E-state index in [2.05, 4.69) is 71.2 Å². The molecule has 2 bridgehead atoms. The summed E-state index contributed by atoms with van der Waals surface area (Å²) in [6, 6.07) is 20.2. The summed E-state index contributed by atoms with van der Waals surface area (Å²) >= 11 is 6.26. The van der Waals surface area contributed by atoms with E-state index in [4.69, 9.17) is 16.3 Å². The molecule has 3 aromatic carbocycles. The van der Waals surface area contributed by atoms with Crippen molar-refractivity contribution >= 4 is 52.5 Å². The van der Waals surface area contributed by atoms with Gasteiger partial charge >= 0.3 is 0 Å². The van der Waals surface area contributed by atoms with Crippen LogP contribution in [0.2, 0.25) is 5.02 Å². The van der Waals surface area contributed by atoms with Crippen molar-refractivity contribution in [1.82, 2.24) is 20.4 Å². The molecule has 13 nitrogen and oxygen atoms in total. The number of hydrogen-bond acceptors (Lipinski definition) is 10. The number of anilines is 2. The third-order valence-corrected chi connectivity index (χ3v) is 14.5. The highest BCUT2D eigenvalue weighted by atomic mass is 35.5. The zero-order valence-electron chi connectivity index (χ0n) is 34.4. The van der Waals surface area contributed by atoms with E-state index >= 15 is 0 Å². The molecular weight excluding hydrogens is 782 g/mol. The Kier molecular flexibility index (Phi) is 9.94. The van der Waals surface area contributed by atoms with Gasteiger partial charge in [-0.15, -0.1) is 0 Å². The molecule has 3 aromatic rings. The average Bonchev–Trinajstić information content (AvgIpc) is 3.90. The lowest BCUT2D eigenvalue weighted by atomic mass is 9.49. The van der Waals surface area contributed by atoms with Gasteiger partial charge in [-0.2, -0.15) is 5.26 Å². The van der Waals surface area contributed by atoms with Gasteiger partial charge in [-0.3, -0.25) is 39.1 Å². The summed E-state index contributed by atoms with van der Waals surface area (Å²) < 4.78 is 6.39. The first-order chi connectivity index (χ1) is 28.6. The molecule has 0 aromatic heterocycles. The number of benzene rings is 3. The van der Waals surface area contributed by atoms with Crippen LogP contribution in [-0.4, -0.2) is 102 Å². The predicted octanol–water partition coefficient (Wildman–Crippen LogP) is 5.40. The van der Waals surface area contributed by atoms with Crippen LogP contribution in [-0.2, 0) is 9.59 Å². The average molecular weight is 832 g/mol. The van der Waals surface area contributed by atoms with Gasteiger partial charge < -0.3 is 19.9 Å². The molecule has 9 rings (SSSR count). The number of ether oxygens (including phenoxy) is 1. The maximum Gasteiger partial charge on any atom is 0.262 e. The Hall–Kier alpha value is -5.45. The number of likely N-dealkylation sites (tertiary alicyclic amines) is 1. The van der Waals surface area contributed by atoms with Crippen molar-refractivity contribution in [2.24, 2.45) is 16.7 Å². The van der Waals surface area contributed by atoms with Crippen LogP contribution in [0.4, 0.5) is 11.4 Å². The number of hydrogen-bond donors (Lipinski definition) is 2. The Labute approximate surface area is 354 Å². The minimum absolute atomic E-state index is 0.0932. The normalized spacial score (nSPS) is 27.1. The van der Waals surface area contributed by atoms with E-state index in [0.29, 0.717) is 51.0 Å². The van der Waals surface area contributed by atoms with E-state index in [9.17, 15) is 29.2 Å². The highest BCUT2D eigenvalue weighted by Gasteiger charge is 2.64. The molecule has 2 N–H and O–H groups in total. The molecule has 1 unspecified atom stereocenters. The molecule has 3 atom stereocenters. The number of carbonyl (C=O) groups excluding carboxylic acids is 5. The molecule has 5 heterocycles. The third-order valence-electron chi connectivity index (χ3n) is 14.1. The lowest BCUT2D eigenvalue weighted by Gasteiger charge is -2.63. The standard InChI is InChI=1S/C46H50ClN7O6/c1-45(2)43(46(3,4)44(45)60-33-11-7-28(22-48)36(47)21-33)50-39(56)27-5-8-29(9-6-27)51-17-15-26(16-18-51)23-52-24-32-19-31(52)25-53(32)30-10-12-34-35(20-30)42(59)54(41(34)58)37-13-14-38(55)49-40(37)57/h5-12,20-21,26,31-32,37,43-44H,13-19,23-25H2,1-4H3,(H,50,56)(H,49,55,57)/t31-,32-,37?,43?,44?/m0/s1. The van der Waals surface area contributed by atoms with Crippen LogP contribution in [0.5, 0.6) is 5.75 Å². The first kappa shape index (κ1) is 40.0. The van der Waals surface area contributed by atoms with Crippen molar-refractivity contribution in [3.05, 3.63) is 87.9 Å². The maximum absolute atomic E-state index is 13.5. The van der Waals surface area contributed by atoms with Crippen LogP contribution in [0.3, 0.4) is 0 Å². The van der Waals surface area contributed by atoms with Gasteiger partial charge in [0.1, 0.15) is 24.0 Å². The summed E-state index contributed by atoms with van der Waals surface area (Å²) in [6.07, 6.45) is 3.29. The van der Waals surface area contributed by atoms with Gasteiger partial charge in [0.05, 0.1) is 21.7 Å². The Balaban J connectivity index is 0.747. The molecule has 5 aliphatic heterocycles. The highest BCUT2D eigenvalue weighted by Crippen LogP contribution is 2.55. The number of nitrogens with one attached hydrogen (secondary N) is 2. The third kappa shape index (κ3) is 6.78. The number of piperidine rings is 2. The number of rotatable bonds is 9. The van der Waals surface area contributed by atoms with E-state index in [1.165, 1.54) is 0 Å². The molecule has 0 spiro atoms. The first-order valence-electron chi connectivity index (χ1n) is 21.0. The number of amides is 5. The van der Waals surface area contributed by atoms with Crippen molar-refractivity contribution in [3.63, 3.8) is 0 Å². The van der Waals surface area contributed by atoms with Gasteiger partial charge in [0.2, 0.25) is 11.8 Å². The predicted molar refractivity (Wildman–Crippen MR) is 225 cm³/mol. The molecule has 1 saturated carbocycles. The zero-order valence-corrected chi connectivity index (χ0v) is 35.1. The molecule has 1 aliphatic carbocycles. The van der Waals surface area contributed by atoms with Gasteiger partial charge in [0.25, 0.3) is 17.7 Å². The lowest BCUT2D eigenvalue weighted by molar-refractivity contribution is -0.164. The van der Waals surface area contributed by atoms with E-state index < -0.39 is 23.8 Å². The van der Waals surface area contributed by atoms with Crippen LogP contribution < -0.4 is 25.2 Å². The smallest absolute Gasteiger partial charge is 0.262 e. The Morgan fingerprint density at radius 1 is 0.883 bits per heavy atom. The minimum Gasteiger partial charge on any atom is -0.489 e. The van der Waals surface area contributed by atoms with E-state index in [0.717, 1.165) is 68.3 Å². The van der Waals surface area contributed by atoms with Gasteiger partial charge in [0, 0.05) is 91.1 Å². The topological polar surface area (TPSA) is 155 Å². The minimum atomic E-state index is -0.972. The van der Waals surface area contributed by atoms with Crippen molar-refractivity contribution in [3.8, 4) is 11.8 Å². The lowest BCUT2D eigenvalue weighted by Crippen LogP contribution is -2.74. The number of nitriles is 1. The van der Waals surface area contributed by atoms with Gasteiger partial charge in [-0.05, 0) is 86.2 Å². The van der Waals surface area contributed by atoms with Gasteiger partial charge in [0.15, 0.2) is 0 Å². The Morgan fingerprint density at radius 2 is 1.58 bits per heavy atom. The van der Waals surface area contributed by atoms with Crippen LogP contribution >= 0.6 is 11.6 Å². The molecule has 0 radical (unpaired) electrons. The summed E-state index contributed by atoms with van der Waals surface area (Å²) in [4.78, 5) is 72.7. The van der Waals surface area contributed by atoms with E-state index in [1.807, 2.05) is 18.2 Å². The molecule has 14 heteroatoms. The fraction of sp³-hybridized carbons (Fsp3) is 0.478. The van der Waals surface area contributed by atoms with Crippen molar-refractivity contribution in [1.29, 1.82) is 5.26 Å². The molecule has 5 fully saturated rings. The summed E-state index contributed by atoms with van der Waals surface area (Å²) in [5.41, 5.74) is 2.98. The first-order valence-corrected chi connectivity index (χ1v) is 21.4. The molecule has 5 amide bonds. The van der Waals surface area contributed by atoms with Crippen molar-refractivity contribution in [2.45, 2.75) is 90.1 Å². The van der Waals surface area contributed by atoms with Crippen LogP contribution in [0.1, 0.15) is 96.4 Å². The van der Waals surface area contributed by atoms with Gasteiger partial charge in [-0.25, -0.2) is 0 Å². The van der Waals surface area contributed by atoms with E-state index in [-0.39, 0.29) is 47.6 Å². The number of halogens is 1. The largest absolute Gasteiger partial charge is 0.489 e. The molecule has 60 heavy (non-hydrogen) atoms. The maximum atomic E-state index is 13.5. The molecule has 312 valence electrons. The van der Waals surface area contributed by atoms with Crippen LogP contribution in [0.25, 0.3) is 0 Å². The number of imide groups is 2. The molecule has 6 aliphatic rings. The number of piperazine rings is 1. The van der Waals surface area contributed by atoms with Crippen molar-refractivity contribution in [2.75, 3.05) is 42.5 Å². The monoisotopic (exact) mass is 831 g/mol. The Bertz CT molecular complexity index is 2320. The number of fused-ring (bicyclic) bond motifs is 3. The number of carbonyl (C=O) groups is 5. The molecular formula is C46H50ClN7O6.